The van der Waals surface area contributed by atoms with E-state index in [1.54, 1.807) is 13.2 Å². The number of carbonyl (C=O) groups is 1. The van der Waals surface area contributed by atoms with Crippen LogP contribution in [0.3, 0.4) is 0 Å². The largest absolute Gasteiger partial charge is 0.497 e. The maximum atomic E-state index is 11.2. The lowest BCUT2D eigenvalue weighted by atomic mass is 10.1. The highest BCUT2D eigenvalue weighted by molar-refractivity contribution is 6.31. The molecule has 0 N–H and O–H groups in total. The minimum Gasteiger partial charge on any atom is -0.497 e. The maximum absolute atomic E-state index is 11.2. The van der Waals surface area contributed by atoms with E-state index in [4.69, 9.17) is 16.3 Å². The average molecular weight is 240 g/mol. The second-order valence-corrected chi connectivity index (χ2v) is 4.31. The van der Waals surface area contributed by atoms with E-state index in [9.17, 15) is 4.79 Å². The third kappa shape index (κ3) is 2.47. The van der Waals surface area contributed by atoms with Gasteiger partial charge in [-0.25, -0.2) is 0 Å². The van der Waals surface area contributed by atoms with Crippen molar-refractivity contribution in [1.29, 1.82) is 0 Å². The van der Waals surface area contributed by atoms with Gasteiger partial charge in [-0.2, -0.15) is 0 Å². The molecule has 0 radical (unpaired) electrons. The number of benzene rings is 1. The molecule has 4 heteroatoms. The standard InChI is InChI=1S/C12H14ClNO2/c1-16-12-7-9(13)6-10(8-12)14-4-2-11(15)3-5-14/h6-8H,2-5H2,1H3. The lowest BCUT2D eigenvalue weighted by molar-refractivity contribution is -0.119. The van der Waals surface area contributed by atoms with Crippen LogP contribution in [0, 0.1) is 0 Å². The number of Topliss-reactive ketones (excluding diaryl/α,β-unsaturated/α-hetero) is 1. The molecule has 1 saturated heterocycles. The van der Waals surface area contributed by atoms with Gasteiger partial charge < -0.3 is 9.64 Å². The first kappa shape index (κ1) is 11.3. The molecule has 1 aromatic carbocycles. The van der Waals surface area contributed by atoms with Crippen LogP contribution in [-0.2, 0) is 4.79 Å². The van der Waals surface area contributed by atoms with Gasteiger partial charge in [0.15, 0.2) is 0 Å². The van der Waals surface area contributed by atoms with Gasteiger partial charge in [0.2, 0.25) is 0 Å². The Hall–Kier alpha value is -1.22. The monoisotopic (exact) mass is 239 g/mol. The van der Waals surface area contributed by atoms with E-state index in [0.29, 0.717) is 23.6 Å². The quantitative estimate of drug-likeness (QED) is 0.794. The molecule has 2 rings (SSSR count). The zero-order chi connectivity index (χ0) is 11.5. The minimum absolute atomic E-state index is 0.338. The summed E-state index contributed by atoms with van der Waals surface area (Å²) >= 11 is 6.00. The summed E-state index contributed by atoms with van der Waals surface area (Å²) in [4.78, 5) is 13.3. The van der Waals surface area contributed by atoms with E-state index < -0.39 is 0 Å². The molecular formula is C12H14ClNO2. The van der Waals surface area contributed by atoms with Crippen molar-refractivity contribution in [3.05, 3.63) is 23.2 Å². The van der Waals surface area contributed by atoms with E-state index >= 15 is 0 Å². The summed E-state index contributed by atoms with van der Waals surface area (Å²) < 4.78 is 5.17. The van der Waals surface area contributed by atoms with Crippen LogP contribution >= 0.6 is 11.6 Å². The number of piperidine rings is 1. The lowest BCUT2D eigenvalue weighted by Gasteiger charge is -2.28. The number of hydrogen-bond donors (Lipinski definition) is 0. The highest BCUT2D eigenvalue weighted by Crippen LogP contribution is 2.28. The number of halogens is 1. The van der Waals surface area contributed by atoms with Gasteiger partial charge in [-0.05, 0) is 12.1 Å². The fourth-order valence-electron chi connectivity index (χ4n) is 1.86. The average Bonchev–Trinajstić information content (AvgIpc) is 2.29. The fourth-order valence-corrected chi connectivity index (χ4v) is 2.08. The van der Waals surface area contributed by atoms with Crippen LogP contribution in [0.5, 0.6) is 5.75 Å². The Bertz CT molecular complexity index is 396. The number of nitrogens with zero attached hydrogens (tertiary/aromatic N) is 1. The van der Waals surface area contributed by atoms with Gasteiger partial charge >= 0.3 is 0 Å². The first-order chi connectivity index (χ1) is 7.69. The summed E-state index contributed by atoms with van der Waals surface area (Å²) in [5.74, 6) is 1.09. The first-order valence-corrected chi connectivity index (χ1v) is 5.68. The van der Waals surface area contributed by atoms with Gasteiger partial charge in [0.05, 0.1) is 7.11 Å². The number of rotatable bonds is 2. The Balaban J connectivity index is 2.19. The molecule has 86 valence electrons. The summed E-state index contributed by atoms with van der Waals surface area (Å²) in [6.07, 6.45) is 1.24. The van der Waals surface area contributed by atoms with Crippen LogP contribution < -0.4 is 9.64 Å². The van der Waals surface area contributed by atoms with Gasteiger partial charge in [0.1, 0.15) is 11.5 Å². The second kappa shape index (κ2) is 4.74. The van der Waals surface area contributed by atoms with Crippen molar-refractivity contribution in [2.75, 3.05) is 25.1 Å². The molecular weight excluding hydrogens is 226 g/mol. The number of anilines is 1. The van der Waals surface area contributed by atoms with Crippen LogP contribution in [0.15, 0.2) is 18.2 Å². The molecule has 0 aliphatic carbocycles. The lowest BCUT2D eigenvalue weighted by Crippen LogP contribution is -2.33. The van der Waals surface area contributed by atoms with E-state index in [0.717, 1.165) is 24.5 Å². The van der Waals surface area contributed by atoms with E-state index in [2.05, 4.69) is 4.90 Å². The molecule has 1 heterocycles. The summed E-state index contributed by atoms with van der Waals surface area (Å²) in [5, 5.41) is 0.659. The van der Waals surface area contributed by atoms with Crippen molar-refractivity contribution in [2.45, 2.75) is 12.8 Å². The van der Waals surface area contributed by atoms with Gasteiger partial charge in [0, 0.05) is 42.7 Å². The van der Waals surface area contributed by atoms with Gasteiger partial charge in [-0.15, -0.1) is 0 Å². The van der Waals surface area contributed by atoms with E-state index in [1.165, 1.54) is 0 Å². The molecule has 0 atom stereocenters. The molecule has 1 fully saturated rings. The molecule has 0 spiro atoms. The molecule has 0 saturated carbocycles. The minimum atomic E-state index is 0.338. The van der Waals surface area contributed by atoms with Crippen LogP contribution in [0.1, 0.15) is 12.8 Å². The molecule has 0 unspecified atom stereocenters. The van der Waals surface area contributed by atoms with Gasteiger partial charge in [-0.3, -0.25) is 4.79 Å². The first-order valence-electron chi connectivity index (χ1n) is 5.30. The number of ketones is 1. The third-order valence-electron chi connectivity index (χ3n) is 2.78. The Kier molecular flexibility index (Phi) is 3.34. The number of carbonyl (C=O) groups excluding carboxylic acids is 1. The third-order valence-corrected chi connectivity index (χ3v) is 3.00. The number of methoxy groups -OCH3 is 1. The van der Waals surface area contributed by atoms with Gasteiger partial charge in [0.25, 0.3) is 0 Å². The maximum Gasteiger partial charge on any atom is 0.136 e. The van der Waals surface area contributed by atoms with Crippen molar-refractivity contribution in [3.63, 3.8) is 0 Å². The Labute approximate surface area is 100.0 Å². The second-order valence-electron chi connectivity index (χ2n) is 3.87. The molecule has 1 aliphatic rings. The van der Waals surface area contributed by atoms with Crippen molar-refractivity contribution in [1.82, 2.24) is 0 Å². The molecule has 0 amide bonds. The molecule has 0 bridgehead atoms. The van der Waals surface area contributed by atoms with Crippen molar-refractivity contribution >= 4 is 23.1 Å². The summed E-state index contributed by atoms with van der Waals surface area (Å²) in [5.41, 5.74) is 1.02. The fraction of sp³-hybridized carbons (Fsp3) is 0.417. The predicted molar refractivity (Wildman–Crippen MR) is 64.5 cm³/mol. The van der Waals surface area contributed by atoms with Crippen LogP contribution in [0.2, 0.25) is 5.02 Å². The van der Waals surface area contributed by atoms with E-state index in [-0.39, 0.29) is 0 Å². The smallest absolute Gasteiger partial charge is 0.136 e. The van der Waals surface area contributed by atoms with Crippen LogP contribution in [-0.4, -0.2) is 26.0 Å². The SMILES string of the molecule is COc1cc(Cl)cc(N2CCC(=O)CC2)c1. The Morgan fingerprint density at radius 1 is 1.25 bits per heavy atom. The molecule has 3 nitrogen and oxygen atoms in total. The van der Waals surface area contributed by atoms with Gasteiger partial charge in [-0.1, -0.05) is 11.6 Å². The summed E-state index contributed by atoms with van der Waals surface area (Å²) in [7, 11) is 1.62. The molecule has 1 aromatic rings. The predicted octanol–water partition coefficient (Wildman–Crippen LogP) is 2.52. The van der Waals surface area contributed by atoms with E-state index in [1.807, 2.05) is 12.1 Å². The zero-order valence-corrected chi connectivity index (χ0v) is 9.96. The molecule has 0 aromatic heterocycles. The van der Waals surface area contributed by atoms with Crippen LogP contribution in [0.25, 0.3) is 0 Å². The van der Waals surface area contributed by atoms with Crippen molar-refractivity contribution in [2.24, 2.45) is 0 Å². The highest BCUT2D eigenvalue weighted by atomic mass is 35.5. The molecule has 16 heavy (non-hydrogen) atoms. The topological polar surface area (TPSA) is 29.5 Å². The summed E-state index contributed by atoms with van der Waals surface area (Å²) in [6.45, 7) is 1.53. The zero-order valence-electron chi connectivity index (χ0n) is 9.20. The Morgan fingerprint density at radius 2 is 1.94 bits per heavy atom. The van der Waals surface area contributed by atoms with Crippen LogP contribution in [0.4, 0.5) is 5.69 Å². The molecule has 1 aliphatic heterocycles. The van der Waals surface area contributed by atoms with Crippen molar-refractivity contribution in [3.8, 4) is 5.75 Å². The summed E-state index contributed by atoms with van der Waals surface area (Å²) in [6, 6.07) is 5.63. The normalized spacial score (nSPS) is 16.4. The Morgan fingerprint density at radius 3 is 2.56 bits per heavy atom. The number of hydrogen-bond acceptors (Lipinski definition) is 3. The van der Waals surface area contributed by atoms with Crippen molar-refractivity contribution < 1.29 is 9.53 Å². The number of ether oxygens (including phenoxy) is 1. The highest BCUT2D eigenvalue weighted by Gasteiger charge is 2.17.